The highest BCUT2D eigenvalue weighted by atomic mass is 19.4. The molecule has 11 heteroatoms. The van der Waals surface area contributed by atoms with Gasteiger partial charge < -0.3 is 5.73 Å². The van der Waals surface area contributed by atoms with Crippen molar-refractivity contribution in [1.29, 1.82) is 5.26 Å². The van der Waals surface area contributed by atoms with Gasteiger partial charge in [0, 0.05) is 5.56 Å². The number of aromatic amines is 1. The van der Waals surface area contributed by atoms with Gasteiger partial charge in [-0.15, -0.1) is 5.11 Å². The molecule has 2 aromatic heterocycles. The van der Waals surface area contributed by atoms with Crippen LogP contribution in [0.4, 0.5) is 30.4 Å². The maximum absolute atomic E-state index is 12.9. The number of rotatable bonds is 3. The number of hydrogen-bond donors (Lipinski definition) is 2. The van der Waals surface area contributed by atoms with Crippen molar-refractivity contribution in [3.8, 4) is 17.3 Å². The summed E-state index contributed by atoms with van der Waals surface area (Å²) in [7, 11) is 0. The first kappa shape index (κ1) is 19.8. The summed E-state index contributed by atoms with van der Waals surface area (Å²) in [6, 6.07) is 14.9. The first-order valence-corrected chi connectivity index (χ1v) is 8.78. The van der Waals surface area contributed by atoms with Crippen molar-refractivity contribution >= 4 is 22.8 Å². The van der Waals surface area contributed by atoms with Crippen LogP contribution in [0, 0.1) is 11.3 Å². The molecule has 0 aliphatic carbocycles. The highest BCUT2D eigenvalue weighted by Gasteiger charge is 2.30. The summed E-state index contributed by atoms with van der Waals surface area (Å²) in [5.41, 5.74) is 4.93. The van der Waals surface area contributed by atoms with Gasteiger partial charge in [-0.25, -0.2) is 9.50 Å². The number of nitriles is 1. The summed E-state index contributed by atoms with van der Waals surface area (Å²) in [5.74, 6) is -0.0658. The molecule has 2 aromatic carbocycles. The highest BCUT2D eigenvalue weighted by Crippen LogP contribution is 2.32. The number of benzene rings is 2. The molecule has 4 aromatic rings. The molecule has 154 valence electrons. The van der Waals surface area contributed by atoms with E-state index in [0.717, 1.165) is 16.6 Å². The zero-order chi connectivity index (χ0) is 22.2. The van der Waals surface area contributed by atoms with Crippen molar-refractivity contribution in [2.45, 2.75) is 6.18 Å². The second-order valence-electron chi connectivity index (χ2n) is 6.40. The van der Waals surface area contributed by atoms with Gasteiger partial charge in [-0.05, 0) is 18.2 Å². The van der Waals surface area contributed by atoms with E-state index in [2.05, 4.69) is 20.3 Å². The molecule has 0 radical (unpaired) electrons. The highest BCUT2D eigenvalue weighted by molar-refractivity contribution is 5.78. The van der Waals surface area contributed by atoms with Gasteiger partial charge in [-0.2, -0.15) is 23.5 Å². The summed E-state index contributed by atoms with van der Waals surface area (Å²) in [6.07, 6.45) is -4.54. The summed E-state index contributed by atoms with van der Waals surface area (Å²) in [4.78, 5) is 16.8. The molecular weight excluding hydrogens is 411 g/mol. The Hall–Kier alpha value is -4.46. The molecule has 0 unspecified atom stereocenters. The van der Waals surface area contributed by atoms with Crippen molar-refractivity contribution in [1.82, 2.24) is 14.6 Å². The Kier molecular flexibility index (Phi) is 4.75. The number of halogens is 3. The van der Waals surface area contributed by atoms with E-state index in [0.29, 0.717) is 5.56 Å². The van der Waals surface area contributed by atoms with Crippen LogP contribution in [0.1, 0.15) is 11.1 Å². The monoisotopic (exact) mass is 423 g/mol. The van der Waals surface area contributed by atoms with Gasteiger partial charge in [0.15, 0.2) is 11.3 Å². The molecule has 31 heavy (non-hydrogen) atoms. The average molecular weight is 423 g/mol. The number of H-pyrrole nitrogens is 1. The molecule has 2 heterocycles. The van der Waals surface area contributed by atoms with E-state index in [1.54, 1.807) is 30.3 Å². The summed E-state index contributed by atoms with van der Waals surface area (Å²) in [6.45, 7) is 0. The maximum atomic E-state index is 12.9. The number of anilines is 1. The van der Waals surface area contributed by atoms with Crippen LogP contribution in [0.2, 0.25) is 0 Å². The molecule has 8 nitrogen and oxygen atoms in total. The van der Waals surface area contributed by atoms with Crippen LogP contribution < -0.4 is 11.3 Å². The molecule has 0 saturated carbocycles. The third-order valence-corrected chi connectivity index (χ3v) is 4.40. The largest absolute Gasteiger partial charge is 0.416 e. The van der Waals surface area contributed by atoms with Crippen molar-refractivity contribution in [2.24, 2.45) is 10.2 Å². The minimum atomic E-state index is -4.54. The predicted octanol–water partition coefficient (Wildman–Crippen LogP) is 4.58. The first-order valence-electron chi connectivity index (χ1n) is 8.78. The average Bonchev–Trinajstić information content (AvgIpc) is 3.08. The number of fused-ring (bicyclic) bond motifs is 1. The van der Waals surface area contributed by atoms with Crippen molar-refractivity contribution in [3.63, 3.8) is 0 Å². The van der Waals surface area contributed by atoms with Crippen LogP contribution in [0.3, 0.4) is 0 Å². The Balaban J connectivity index is 1.88. The van der Waals surface area contributed by atoms with Gasteiger partial charge in [0.2, 0.25) is 0 Å². The minimum absolute atomic E-state index is 0.0175. The summed E-state index contributed by atoms with van der Waals surface area (Å²) < 4.78 is 39.8. The Bertz CT molecular complexity index is 1410. The zero-order valence-corrected chi connectivity index (χ0v) is 15.6. The number of nitrogens with one attached hydrogen (secondary N) is 1. The number of nitrogen functional groups attached to an aromatic ring is 1. The van der Waals surface area contributed by atoms with Gasteiger partial charge in [-0.3, -0.25) is 9.89 Å². The molecule has 0 saturated heterocycles. The smallest absolute Gasteiger partial charge is 0.382 e. The molecule has 0 fully saturated rings. The quantitative estimate of drug-likeness (QED) is 0.468. The Morgan fingerprint density at radius 1 is 1.10 bits per heavy atom. The van der Waals surface area contributed by atoms with E-state index in [1.807, 2.05) is 6.07 Å². The normalized spacial score (nSPS) is 11.8. The van der Waals surface area contributed by atoms with Gasteiger partial charge >= 0.3 is 6.18 Å². The second-order valence-corrected chi connectivity index (χ2v) is 6.40. The third-order valence-electron chi connectivity index (χ3n) is 4.40. The van der Waals surface area contributed by atoms with Crippen LogP contribution in [-0.2, 0) is 6.18 Å². The Morgan fingerprint density at radius 3 is 2.52 bits per heavy atom. The summed E-state index contributed by atoms with van der Waals surface area (Å²) in [5, 5.41) is 19.5. The number of nitrogens with two attached hydrogens (primary N) is 1. The van der Waals surface area contributed by atoms with Crippen molar-refractivity contribution in [2.75, 3.05) is 5.73 Å². The maximum Gasteiger partial charge on any atom is 0.416 e. The molecule has 3 N–H and O–H groups in total. The van der Waals surface area contributed by atoms with E-state index in [4.69, 9.17) is 5.73 Å². The number of alkyl halides is 3. The molecule has 0 aliphatic heterocycles. The van der Waals surface area contributed by atoms with Crippen molar-refractivity contribution in [3.05, 3.63) is 76.1 Å². The third kappa shape index (κ3) is 3.62. The Labute approximate surface area is 172 Å². The molecule has 0 amide bonds. The Morgan fingerprint density at radius 2 is 1.84 bits per heavy atom. The van der Waals surface area contributed by atoms with Crippen LogP contribution in [-0.4, -0.2) is 14.6 Å². The lowest BCUT2D eigenvalue weighted by Crippen LogP contribution is -2.07. The zero-order valence-electron chi connectivity index (χ0n) is 15.6. The molecule has 4 rings (SSSR count). The number of nitrogens with zero attached hydrogens (tertiary/aromatic N) is 5. The standard InChI is InChI=1S/C20H12F3N7O/c21-20(22,23)12-7-4-8-13(9-12)27-28-16-18-26-15(11-5-2-1-3-6-11)14(10-24)17(25)30(18)29-19(16)31/h1-9H,25H2,(H,29,31). The minimum Gasteiger partial charge on any atom is -0.382 e. The molecule has 0 bridgehead atoms. The first-order chi connectivity index (χ1) is 14.8. The van der Waals surface area contributed by atoms with E-state index in [1.165, 1.54) is 12.1 Å². The van der Waals surface area contributed by atoms with E-state index in [-0.39, 0.29) is 34.1 Å². The van der Waals surface area contributed by atoms with Crippen LogP contribution >= 0.6 is 0 Å². The number of hydrogen-bond acceptors (Lipinski definition) is 6. The molecule has 0 aliphatic rings. The lowest BCUT2D eigenvalue weighted by molar-refractivity contribution is -0.137. The van der Waals surface area contributed by atoms with Gasteiger partial charge in [0.05, 0.1) is 16.9 Å². The molecule has 0 atom stereocenters. The topological polar surface area (TPSA) is 125 Å². The molecule has 0 spiro atoms. The van der Waals surface area contributed by atoms with E-state index in [9.17, 15) is 23.2 Å². The lowest BCUT2D eigenvalue weighted by Gasteiger charge is -2.08. The van der Waals surface area contributed by atoms with E-state index < -0.39 is 17.3 Å². The van der Waals surface area contributed by atoms with Gasteiger partial charge in [0.25, 0.3) is 5.56 Å². The lowest BCUT2D eigenvalue weighted by atomic mass is 10.1. The van der Waals surface area contributed by atoms with Crippen LogP contribution in [0.25, 0.3) is 16.9 Å². The van der Waals surface area contributed by atoms with Gasteiger partial charge in [-0.1, -0.05) is 36.4 Å². The summed E-state index contributed by atoms with van der Waals surface area (Å²) >= 11 is 0. The van der Waals surface area contributed by atoms with Crippen LogP contribution in [0.5, 0.6) is 0 Å². The van der Waals surface area contributed by atoms with Crippen LogP contribution in [0.15, 0.2) is 69.6 Å². The fraction of sp³-hybridized carbons (Fsp3) is 0.0500. The predicted molar refractivity (Wildman–Crippen MR) is 106 cm³/mol. The van der Waals surface area contributed by atoms with E-state index >= 15 is 0 Å². The fourth-order valence-electron chi connectivity index (χ4n) is 2.94. The molecular formula is C20H12F3N7O. The number of aromatic nitrogens is 3. The second kappa shape index (κ2) is 7.42. The SMILES string of the molecule is N#Cc1c(-c2ccccc2)nc2c(N=Nc3cccc(C(F)(F)F)c3)c(=O)[nH]n2c1N. The number of azo groups is 1. The fourth-order valence-corrected chi connectivity index (χ4v) is 2.94. The van der Waals surface area contributed by atoms with Gasteiger partial charge in [0.1, 0.15) is 17.5 Å². The van der Waals surface area contributed by atoms with Crippen molar-refractivity contribution < 1.29 is 13.2 Å².